The molecule has 11 nitrogen and oxygen atoms in total. The van der Waals surface area contributed by atoms with Crippen LogP contribution in [-0.2, 0) is 11.2 Å². The molecule has 4 aromatic rings. The normalized spacial score (nSPS) is 10.7. The van der Waals surface area contributed by atoms with E-state index in [4.69, 9.17) is 0 Å². The van der Waals surface area contributed by atoms with Gasteiger partial charge in [-0.1, -0.05) is 11.3 Å². The average molecular weight is 441 g/mol. The van der Waals surface area contributed by atoms with Crippen LogP contribution in [-0.4, -0.2) is 36.7 Å². The molecule has 150 valence electrons. The summed E-state index contributed by atoms with van der Waals surface area (Å²) < 4.78 is 0.598. The molecule has 0 unspecified atom stereocenters. The van der Waals surface area contributed by atoms with Crippen molar-refractivity contribution in [3.05, 3.63) is 63.7 Å². The number of benzene rings is 1. The Morgan fingerprint density at radius 2 is 1.90 bits per heavy atom. The van der Waals surface area contributed by atoms with Gasteiger partial charge in [0.05, 0.1) is 27.3 Å². The van der Waals surface area contributed by atoms with E-state index in [2.05, 4.69) is 30.6 Å². The molecule has 2 amide bonds. The zero-order valence-corrected chi connectivity index (χ0v) is 16.6. The van der Waals surface area contributed by atoms with Crippen LogP contribution in [0.15, 0.2) is 42.0 Å². The summed E-state index contributed by atoms with van der Waals surface area (Å²) in [5.74, 6) is -0.828. The molecule has 0 fully saturated rings. The van der Waals surface area contributed by atoms with Crippen molar-refractivity contribution in [2.24, 2.45) is 0 Å². The first-order valence-electron chi connectivity index (χ1n) is 8.35. The molecule has 1 aromatic carbocycles. The van der Waals surface area contributed by atoms with Gasteiger partial charge >= 0.3 is 0 Å². The van der Waals surface area contributed by atoms with Crippen LogP contribution in [0.3, 0.4) is 0 Å². The lowest BCUT2D eigenvalue weighted by Crippen LogP contribution is -2.16. The number of nitrogens with zero attached hydrogens (tertiary/aromatic N) is 5. The van der Waals surface area contributed by atoms with Crippen molar-refractivity contribution in [3.8, 4) is 0 Å². The van der Waals surface area contributed by atoms with Crippen molar-refractivity contribution >= 4 is 60.7 Å². The van der Waals surface area contributed by atoms with E-state index in [1.807, 2.05) is 0 Å². The number of nitro benzene ring substituents is 1. The number of nitro groups is 1. The van der Waals surface area contributed by atoms with Gasteiger partial charge in [-0.15, -0.1) is 11.3 Å². The Morgan fingerprint density at radius 3 is 2.67 bits per heavy atom. The number of thiazole rings is 2. The highest BCUT2D eigenvalue weighted by molar-refractivity contribution is 7.22. The number of rotatable bonds is 6. The SMILES string of the molecule is O=C(Cc1csc(NC(=O)c2ncccn2)n1)Nc1nc2ccc([N+](=O)[O-])cc2s1. The first-order chi connectivity index (χ1) is 14.5. The molecule has 0 radical (unpaired) electrons. The standard InChI is InChI=1S/C17H11N7O4S2/c25-13(22-17-21-11-3-2-10(24(27)28)7-12(11)30-17)6-9-8-29-16(20-9)23-15(26)14-18-4-1-5-19-14/h1-5,7-8H,6H2,(H,20,23,26)(H,21,22,25). The van der Waals surface area contributed by atoms with Crippen molar-refractivity contribution in [2.75, 3.05) is 10.6 Å². The molecule has 2 N–H and O–H groups in total. The summed E-state index contributed by atoms with van der Waals surface area (Å²) in [6.45, 7) is 0. The smallest absolute Gasteiger partial charge is 0.295 e. The number of carbonyl (C=O) groups excluding carboxylic acids is 2. The van der Waals surface area contributed by atoms with Crippen LogP contribution in [0.4, 0.5) is 16.0 Å². The minimum atomic E-state index is -0.496. The Kier molecular flexibility index (Phi) is 5.36. The van der Waals surface area contributed by atoms with Gasteiger partial charge in [-0.05, 0) is 12.1 Å². The monoisotopic (exact) mass is 441 g/mol. The van der Waals surface area contributed by atoms with Crippen LogP contribution in [0.2, 0.25) is 0 Å². The lowest BCUT2D eigenvalue weighted by molar-refractivity contribution is -0.384. The molecule has 0 saturated heterocycles. The van der Waals surface area contributed by atoms with Crippen LogP contribution in [0.25, 0.3) is 10.2 Å². The number of amides is 2. The van der Waals surface area contributed by atoms with Gasteiger partial charge in [-0.3, -0.25) is 25.0 Å². The fourth-order valence-electron chi connectivity index (χ4n) is 2.42. The Balaban J connectivity index is 1.38. The fourth-order valence-corrected chi connectivity index (χ4v) is 4.04. The fraction of sp³-hybridized carbons (Fsp3) is 0.0588. The van der Waals surface area contributed by atoms with Gasteiger partial charge in [0.25, 0.3) is 11.6 Å². The molecular weight excluding hydrogens is 430 g/mol. The highest BCUT2D eigenvalue weighted by Crippen LogP contribution is 2.29. The van der Waals surface area contributed by atoms with Crippen molar-refractivity contribution in [2.45, 2.75) is 6.42 Å². The van der Waals surface area contributed by atoms with Gasteiger partial charge in [-0.2, -0.15) is 0 Å². The molecule has 0 aliphatic carbocycles. The van der Waals surface area contributed by atoms with E-state index in [1.165, 1.54) is 41.9 Å². The molecule has 3 heterocycles. The molecule has 30 heavy (non-hydrogen) atoms. The second kappa shape index (κ2) is 8.26. The van der Waals surface area contributed by atoms with Crippen molar-refractivity contribution in [1.29, 1.82) is 0 Å². The summed E-state index contributed by atoms with van der Waals surface area (Å²) >= 11 is 2.32. The van der Waals surface area contributed by atoms with E-state index in [1.54, 1.807) is 11.4 Å². The van der Waals surface area contributed by atoms with Gasteiger partial charge in [0.15, 0.2) is 10.3 Å². The molecule has 0 atom stereocenters. The third-order valence-electron chi connectivity index (χ3n) is 3.71. The maximum Gasteiger partial charge on any atom is 0.295 e. The van der Waals surface area contributed by atoms with Crippen LogP contribution < -0.4 is 10.6 Å². The predicted molar refractivity (Wildman–Crippen MR) is 111 cm³/mol. The molecule has 0 spiro atoms. The molecule has 13 heteroatoms. The number of hydrogen-bond donors (Lipinski definition) is 2. The van der Waals surface area contributed by atoms with Crippen molar-refractivity contribution in [1.82, 2.24) is 19.9 Å². The van der Waals surface area contributed by atoms with E-state index in [-0.39, 0.29) is 23.8 Å². The van der Waals surface area contributed by atoms with E-state index in [9.17, 15) is 19.7 Å². The minimum absolute atomic E-state index is 0.0167. The third-order valence-corrected chi connectivity index (χ3v) is 5.45. The zero-order valence-electron chi connectivity index (χ0n) is 14.9. The zero-order chi connectivity index (χ0) is 21.1. The maximum absolute atomic E-state index is 12.3. The number of anilines is 2. The van der Waals surface area contributed by atoms with Gasteiger partial charge in [0.1, 0.15) is 0 Å². The second-order valence-corrected chi connectivity index (χ2v) is 7.71. The average Bonchev–Trinajstić information content (AvgIpc) is 3.33. The van der Waals surface area contributed by atoms with Gasteiger partial charge in [0, 0.05) is 29.9 Å². The molecule has 0 aliphatic heterocycles. The van der Waals surface area contributed by atoms with Gasteiger partial charge in [-0.25, -0.2) is 19.9 Å². The first kappa shape index (κ1) is 19.5. The number of fused-ring (bicyclic) bond motifs is 1. The summed E-state index contributed by atoms with van der Waals surface area (Å²) in [5.41, 5.74) is 0.989. The molecule has 4 rings (SSSR count). The highest BCUT2D eigenvalue weighted by Gasteiger charge is 2.15. The van der Waals surface area contributed by atoms with Crippen LogP contribution in [0.5, 0.6) is 0 Å². The Bertz CT molecular complexity index is 1260. The van der Waals surface area contributed by atoms with E-state index >= 15 is 0 Å². The van der Waals surface area contributed by atoms with E-state index < -0.39 is 10.8 Å². The lowest BCUT2D eigenvalue weighted by atomic mass is 10.3. The Hall–Kier alpha value is -3.84. The van der Waals surface area contributed by atoms with E-state index in [0.717, 1.165) is 11.3 Å². The quantitative estimate of drug-likeness (QED) is 0.342. The largest absolute Gasteiger partial charge is 0.302 e. The van der Waals surface area contributed by atoms with Crippen molar-refractivity contribution in [3.63, 3.8) is 0 Å². The van der Waals surface area contributed by atoms with Crippen molar-refractivity contribution < 1.29 is 14.5 Å². The predicted octanol–water partition coefficient (Wildman–Crippen LogP) is 2.88. The number of hydrogen-bond acceptors (Lipinski definition) is 10. The van der Waals surface area contributed by atoms with E-state index in [0.29, 0.717) is 26.2 Å². The number of aromatic nitrogens is 4. The Labute approximate surface area is 176 Å². The maximum atomic E-state index is 12.3. The number of carbonyl (C=O) groups is 2. The summed E-state index contributed by atoms with van der Waals surface area (Å²) in [7, 11) is 0. The van der Waals surface area contributed by atoms with Gasteiger partial charge < -0.3 is 5.32 Å². The van der Waals surface area contributed by atoms with Crippen LogP contribution >= 0.6 is 22.7 Å². The topological polar surface area (TPSA) is 153 Å². The third kappa shape index (κ3) is 4.42. The summed E-state index contributed by atoms with van der Waals surface area (Å²) in [6, 6.07) is 5.91. The number of nitrogens with one attached hydrogen (secondary N) is 2. The molecule has 3 aromatic heterocycles. The Morgan fingerprint density at radius 1 is 1.10 bits per heavy atom. The second-order valence-electron chi connectivity index (χ2n) is 5.82. The van der Waals surface area contributed by atoms with Crippen LogP contribution in [0, 0.1) is 10.1 Å². The summed E-state index contributed by atoms with van der Waals surface area (Å²) in [6.07, 6.45) is 2.89. The molecular formula is C17H11N7O4S2. The molecule has 0 aliphatic rings. The number of non-ortho nitro benzene ring substituents is 1. The summed E-state index contributed by atoms with van der Waals surface area (Å²) in [5, 5.41) is 18.4. The molecule has 0 bridgehead atoms. The lowest BCUT2D eigenvalue weighted by Gasteiger charge is -2.00. The van der Waals surface area contributed by atoms with Crippen LogP contribution in [0.1, 0.15) is 16.3 Å². The summed E-state index contributed by atoms with van der Waals surface area (Å²) in [4.78, 5) is 50.9. The van der Waals surface area contributed by atoms with Gasteiger partial charge in [0.2, 0.25) is 11.7 Å². The first-order valence-corrected chi connectivity index (χ1v) is 10.0. The molecule has 0 saturated carbocycles. The minimum Gasteiger partial charge on any atom is -0.302 e. The highest BCUT2D eigenvalue weighted by atomic mass is 32.1.